The Morgan fingerprint density at radius 3 is 2.61 bits per heavy atom. The minimum Gasteiger partial charge on any atom is -0.462 e. The average molecular weight is 350 g/mol. The lowest BCUT2D eigenvalue weighted by molar-refractivity contribution is 0.0527. The minimum absolute atomic E-state index is 0.325. The molecule has 0 atom stereocenters. The molecule has 120 valence electrons. The summed E-state index contributed by atoms with van der Waals surface area (Å²) in [4.78, 5) is 14.5. The fourth-order valence-electron chi connectivity index (χ4n) is 2.92. The van der Waals surface area contributed by atoms with Crippen molar-refractivity contribution in [1.29, 1.82) is 0 Å². The molecule has 0 radical (unpaired) electrons. The summed E-state index contributed by atoms with van der Waals surface area (Å²) in [5.41, 5.74) is 3.71. The van der Waals surface area contributed by atoms with E-state index in [9.17, 15) is 4.79 Å². The first-order chi connectivity index (χ1) is 11.1. The molecule has 2 aromatic carbocycles. The first-order valence-corrected chi connectivity index (χ1v) is 8.33. The molecule has 0 aliphatic carbocycles. The van der Waals surface area contributed by atoms with Gasteiger partial charge in [-0.3, -0.25) is 0 Å². The number of hydrogen-bond acceptors (Lipinski definition) is 3. The van der Waals surface area contributed by atoms with Crippen LogP contribution in [0.4, 0.5) is 5.69 Å². The Hall–Kier alpha value is -1.71. The van der Waals surface area contributed by atoms with E-state index in [0.29, 0.717) is 17.2 Å². The summed E-state index contributed by atoms with van der Waals surface area (Å²) in [7, 11) is 0. The molecule has 0 amide bonds. The van der Waals surface area contributed by atoms with Crippen molar-refractivity contribution in [2.24, 2.45) is 0 Å². The molecule has 1 aliphatic heterocycles. The van der Waals surface area contributed by atoms with E-state index in [1.807, 2.05) is 30.3 Å². The van der Waals surface area contributed by atoms with Crippen molar-refractivity contribution in [3.8, 4) is 0 Å². The highest BCUT2D eigenvalue weighted by Gasteiger charge is 2.27. The Morgan fingerprint density at radius 2 is 1.91 bits per heavy atom. The molecule has 23 heavy (non-hydrogen) atoms. The molecule has 1 aliphatic rings. The third kappa shape index (κ3) is 3.46. The lowest BCUT2D eigenvalue weighted by Crippen LogP contribution is -2.22. The van der Waals surface area contributed by atoms with E-state index in [0.717, 1.165) is 41.3 Å². The maximum absolute atomic E-state index is 12.3. The Labute approximate surface area is 145 Å². The molecular weight excluding hydrogens is 333 g/mol. The van der Waals surface area contributed by atoms with Gasteiger partial charge < -0.3 is 9.64 Å². The quantitative estimate of drug-likeness (QED) is 0.747. The summed E-state index contributed by atoms with van der Waals surface area (Å²) < 4.78 is 5.18. The third-order valence-electron chi connectivity index (χ3n) is 3.90. The number of fused-ring (bicyclic) bond motifs is 1. The molecule has 5 heteroatoms. The second-order valence-corrected chi connectivity index (χ2v) is 6.35. The van der Waals surface area contributed by atoms with E-state index in [1.54, 1.807) is 13.0 Å². The predicted molar refractivity (Wildman–Crippen MR) is 93.6 cm³/mol. The van der Waals surface area contributed by atoms with Crippen LogP contribution >= 0.6 is 23.2 Å². The zero-order valence-electron chi connectivity index (χ0n) is 12.8. The Bertz CT molecular complexity index is 729. The predicted octanol–water partition coefficient (Wildman–Crippen LogP) is 4.73. The van der Waals surface area contributed by atoms with Crippen molar-refractivity contribution < 1.29 is 9.53 Å². The molecule has 0 saturated carbocycles. The molecule has 0 bridgehead atoms. The van der Waals surface area contributed by atoms with Gasteiger partial charge in [0.05, 0.1) is 17.9 Å². The van der Waals surface area contributed by atoms with Gasteiger partial charge >= 0.3 is 5.97 Å². The van der Waals surface area contributed by atoms with E-state index in [-0.39, 0.29) is 5.97 Å². The average Bonchev–Trinajstić information content (AvgIpc) is 2.91. The van der Waals surface area contributed by atoms with E-state index in [2.05, 4.69) is 4.90 Å². The van der Waals surface area contributed by atoms with Gasteiger partial charge in [0.25, 0.3) is 0 Å². The van der Waals surface area contributed by atoms with Crippen molar-refractivity contribution >= 4 is 34.9 Å². The maximum atomic E-state index is 12.3. The van der Waals surface area contributed by atoms with Crippen LogP contribution in [0.2, 0.25) is 10.0 Å². The van der Waals surface area contributed by atoms with E-state index >= 15 is 0 Å². The van der Waals surface area contributed by atoms with Gasteiger partial charge in [0, 0.05) is 23.1 Å². The molecular formula is C18H17Cl2NO2. The summed E-state index contributed by atoms with van der Waals surface area (Å²) in [5.74, 6) is -0.325. The number of nitrogens with zero attached hydrogens (tertiary/aromatic N) is 1. The SMILES string of the molecule is CCOC(=O)c1cc(Cl)cc2c1N(Cc1ccc(Cl)cc1)CC2. The zero-order valence-corrected chi connectivity index (χ0v) is 14.3. The van der Waals surface area contributed by atoms with Gasteiger partial charge in [-0.25, -0.2) is 4.79 Å². The van der Waals surface area contributed by atoms with Gasteiger partial charge in [-0.2, -0.15) is 0 Å². The minimum atomic E-state index is -0.325. The smallest absolute Gasteiger partial charge is 0.340 e. The summed E-state index contributed by atoms with van der Waals surface area (Å²) >= 11 is 12.1. The largest absolute Gasteiger partial charge is 0.462 e. The van der Waals surface area contributed by atoms with Gasteiger partial charge in [-0.05, 0) is 48.7 Å². The highest BCUT2D eigenvalue weighted by atomic mass is 35.5. The molecule has 0 fully saturated rings. The highest BCUT2D eigenvalue weighted by Crippen LogP contribution is 2.36. The summed E-state index contributed by atoms with van der Waals surface area (Å²) in [6.45, 7) is 3.72. The van der Waals surface area contributed by atoms with Crippen LogP contribution in [0.5, 0.6) is 0 Å². The Balaban J connectivity index is 1.94. The number of anilines is 1. The second kappa shape index (κ2) is 6.81. The lowest BCUT2D eigenvalue weighted by Gasteiger charge is -2.22. The van der Waals surface area contributed by atoms with Crippen LogP contribution in [0.15, 0.2) is 36.4 Å². The van der Waals surface area contributed by atoms with Crippen LogP contribution in [0.1, 0.15) is 28.4 Å². The second-order valence-electron chi connectivity index (χ2n) is 5.48. The first-order valence-electron chi connectivity index (χ1n) is 7.57. The van der Waals surface area contributed by atoms with Gasteiger partial charge in [0.1, 0.15) is 0 Å². The van der Waals surface area contributed by atoms with Gasteiger partial charge in [-0.15, -0.1) is 0 Å². The number of esters is 1. The number of halogens is 2. The van der Waals surface area contributed by atoms with Gasteiger partial charge in [-0.1, -0.05) is 35.3 Å². The summed E-state index contributed by atoms with van der Waals surface area (Å²) in [5, 5.41) is 1.29. The fourth-order valence-corrected chi connectivity index (χ4v) is 3.29. The molecule has 2 aromatic rings. The van der Waals surface area contributed by atoms with Crippen molar-refractivity contribution in [2.75, 3.05) is 18.1 Å². The van der Waals surface area contributed by atoms with E-state index in [1.165, 1.54) is 0 Å². The third-order valence-corrected chi connectivity index (χ3v) is 4.37. The number of rotatable bonds is 4. The molecule has 3 nitrogen and oxygen atoms in total. The van der Waals surface area contributed by atoms with Gasteiger partial charge in [0.2, 0.25) is 0 Å². The van der Waals surface area contributed by atoms with Crippen LogP contribution in [-0.2, 0) is 17.7 Å². The van der Waals surface area contributed by atoms with Crippen molar-refractivity contribution in [1.82, 2.24) is 0 Å². The first kappa shape index (κ1) is 16.2. The molecule has 3 rings (SSSR count). The van der Waals surface area contributed by atoms with E-state index < -0.39 is 0 Å². The lowest BCUT2D eigenvalue weighted by atomic mass is 10.1. The Kier molecular flexibility index (Phi) is 4.79. The van der Waals surface area contributed by atoms with Crippen LogP contribution in [0.3, 0.4) is 0 Å². The molecule has 0 aromatic heterocycles. The molecule has 0 saturated heterocycles. The molecule has 0 N–H and O–H groups in total. The zero-order chi connectivity index (χ0) is 16.4. The molecule has 0 spiro atoms. The molecule has 1 heterocycles. The van der Waals surface area contributed by atoms with Gasteiger partial charge in [0.15, 0.2) is 0 Å². The topological polar surface area (TPSA) is 29.5 Å². The normalized spacial score (nSPS) is 13.1. The number of hydrogen-bond donors (Lipinski definition) is 0. The van der Waals surface area contributed by atoms with Crippen LogP contribution in [0.25, 0.3) is 0 Å². The van der Waals surface area contributed by atoms with E-state index in [4.69, 9.17) is 27.9 Å². The molecule has 0 unspecified atom stereocenters. The number of carbonyl (C=O) groups is 1. The van der Waals surface area contributed by atoms with Crippen molar-refractivity contribution in [3.63, 3.8) is 0 Å². The summed E-state index contributed by atoms with van der Waals surface area (Å²) in [6, 6.07) is 11.4. The maximum Gasteiger partial charge on any atom is 0.340 e. The van der Waals surface area contributed by atoms with Crippen LogP contribution < -0.4 is 4.90 Å². The standard InChI is InChI=1S/C18H17Cl2NO2/c1-2-23-18(22)16-10-15(20)9-13-7-8-21(17(13)16)11-12-3-5-14(19)6-4-12/h3-6,9-10H,2,7-8,11H2,1H3. The fraction of sp³-hybridized carbons (Fsp3) is 0.278. The van der Waals surface area contributed by atoms with Crippen LogP contribution in [0, 0.1) is 0 Å². The Morgan fingerprint density at radius 1 is 1.17 bits per heavy atom. The highest BCUT2D eigenvalue weighted by molar-refractivity contribution is 6.31. The number of carbonyl (C=O) groups excluding carboxylic acids is 1. The number of ether oxygens (including phenoxy) is 1. The van der Waals surface area contributed by atoms with Crippen LogP contribution in [-0.4, -0.2) is 19.1 Å². The monoisotopic (exact) mass is 349 g/mol. The number of benzene rings is 2. The van der Waals surface area contributed by atoms with Crippen molar-refractivity contribution in [3.05, 3.63) is 63.1 Å². The van der Waals surface area contributed by atoms with Crippen molar-refractivity contribution in [2.45, 2.75) is 19.9 Å². The summed E-state index contributed by atoms with van der Waals surface area (Å²) in [6.07, 6.45) is 0.871.